The van der Waals surface area contributed by atoms with Gasteiger partial charge in [-0.3, -0.25) is 4.79 Å². The van der Waals surface area contributed by atoms with Gasteiger partial charge in [0, 0.05) is 31.2 Å². The number of nitrogens with zero attached hydrogens (tertiary/aromatic N) is 2. The summed E-state index contributed by atoms with van der Waals surface area (Å²) >= 11 is 0. The molecule has 5 rings (SSSR count). The topological polar surface area (TPSA) is 61.9 Å². The summed E-state index contributed by atoms with van der Waals surface area (Å²) in [5, 5.41) is 3.01. The van der Waals surface area contributed by atoms with Crippen LogP contribution in [0.1, 0.15) is 39.0 Å². The van der Waals surface area contributed by atoms with E-state index in [1.807, 2.05) is 41.0 Å². The quantitative estimate of drug-likeness (QED) is 0.883. The molecule has 2 bridgehead atoms. The van der Waals surface area contributed by atoms with Crippen LogP contribution in [0.15, 0.2) is 24.3 Å². The zero-order chi connectivity index (χ0) is 18.8. The Bertz CT molecular complexity index is 686. The molecular weight excluding hydrogens is 342 g/mol. The molecule has 1 aromatic rings. The lowest BCUT2D eigenvalue weighted by atomic mass is 9.84. The Kier molecular flexibility index (Phi) is 5.23. The van der Waals surface area contributed by atoms with Gasteiger partial charge in [-0.05, 0) is 62.8 Å². The Morgan fingerprint density at radius 1 is 1.07 bits per heavy atom. The van der Waals surface area contributed by atoms with Crippen molar-refractivity contribution in [2.24, 2.45) is 11.8 Å². The Morgan fingerprint density at radius 3 is 2.52 bits per heavy atom. The van der Waals surface area contributed by atoms with Crippen LogP contribution in [0.4, 0.5) is 10.5 Å². The van der Waals surface area contributed by atoms with Crippen LogP contribution in [-0.4, -0.2) is 54.0 Å². The van der Waals surface area contributed by atoms with Crippen molar-refractivity contribution in [3.63, 3.8) is 0 Å². The predicted octanol–water partition coefficient (Wildman–Crippen LogP) is 3.34. The van der Waals surface area contributed by atoms with Crippen LogP contribution in [-0.2, 0) is 4.79 Å². The molecule has 4 fully saturated rings. The Hall–Kier alpha value is -2.24. The standard InChI is InChI=1S/C21H29N3O3/c1-2-27-19-10-7-17(8-11-19)22-21(26)24-13-15-6-9-18(24)14-23(12-15)20(25)16-4-3-5-16/h7-8,10-11,15-16,18H,2-6,9,12-14H2,1H3,(H,22,26). The third-order valence-corrected chi connectivity index (χ3v) is 6.16. The fourth-order valence-corrected chi connectivity index (χ4v) is 4.42. The molecule has 4 aliphatic rings. The minimum Gasteiger partial charge on any atom is -0.494 e. The van der Waals surface area contributed by atoms with E-state index < -0.39 is 0 Å². The van der Waals surface area contributed by atoms with Gasteiger partial charge in [-0.2, -0.15) is 0 Å². The van der Waals surface area contributed by atoms with Crippen LogP contribution in [0.3, 0.4) is 0 Å². The van der Waals surface area contributed by atoms with Gasteiger partial charge in [0.2, 0.25) is 5.91 Å². The number of piperidine rings is 1. The average molecular weight is 371 g/mol. The van der Waals surface area contributed by atoms with Gasteiger partial charge in [0.25, 0.3) is 0 Å². The summed E-state index contributed by atoms with van der Waals surface area (Å²) in [5.74, 6) is 1.73. The van der Waals surface area contributed by atoms with Gasteiger partial charge in [0.1, 0.15) is 5.75 Å². The first-order valence-corrected chi connectivity index (χ1v) is 10.2. The van der Waals surface area contributed by atoms with Crippen LogP contribution in [0.2, 0.25) is 0 Å². The lowest BCUT2D eigenvalue weighted by molar-refractivity contribution is -0.138. The number of rotatable bonds is 4. The summed E-state index contributed by atoms with van der Waals surface area (Å²) in [4.78, 5) is 29.6. The molecule has 3 amide bonds. The van der Waals surface area contributed by atoms with Crippen molar-refractivity contribution in [1.29, 1.82) is 0 Å². The van der Waals surface area contributed by atoms with E-state index in [9.17, 15) is 9.59 Å². The normalized spacial score (nSPS) is 24.9. The molecule has 2 atom stereocenters. The molecule has 6 nitrogen and oxygen atoms in total. The van der Waals surface area contributed by atoms with Gasteiger partial charge in [-0.25, -0.2) is 4.79 Å². The molecular formula is C21H29N3O3. The third kappa shape index (κ3) is 3.89. The van der Waals surface area contributed by atoms with E-state index in [2.05, 4.69) is 5.32 Å². The zero-order valence-electron chi connectivity index (χ0n) is 16.0. The maximum absolute atomic E-state index is 12.9. The third-order valence-electron chi connectivity index (χ3n) is 6.16. The van der Waals surface area contributed by atoms with E-state index in [1.54, 1.807) is 0 Å². The summed E-state index contributed by atoms with van der Waals surface area (Å²) in [7, 11) is 0. The number of nitrogens with one attached hydrogen (secondary N) is 1. The molecule has 0 aromatic heterocycles. The fraction of sp³-hybridized carbons (Fsp3) is 0.619. The van der Waals surface area contributed by atoms with Gasteiger partial charge in [-0.15, -0.1) is 0 Å². The zero-order valence-corrected chi connectivity index (χ0v) is 16.0. The molecule has 2 unspecified atom stereocenters. The molecule has 146 valence electrons. The summed E-state index contributed by atoms with van der Waals surface area (Å²) < 4.78 is 5.45. The van der Waals surface area contributed by atoms with Crippen molar-refractivity contribution in [2.75, 3.05) is 31.6 Å². The highest BCUT2D eigenvalue weighted by Crippen LogP contribution is 2.33. The molecule has 1 N–H and O–H groups in total. The second-order valence-corrected chi connectivity index (χ2v) is 8.01. The SMILES string of the molecule is CCOc1ccc(NC(=O)N2CC3CCC2CN(C(=O)C2CCC2)C3)cc1. The number of anilines is 1. The van der Waals surface area contributed by atoms with Crippen LogP contribution >= 0.6 is 0 Å². The van der Waals surface area contributed by atoms with E-state index >= 15 is 0 Å². The number of fused-ring (bicyclic) bond motifs is 4. The fourth-order valence-electron chi connectivity index (χ4n) is 4.42. The molecule has 0 radical (unpaired) electrons. The van der Waals surface area contributed by atoms with Crippen molar-refractivity contribution in [2.45, 2.75) is 45.1 Å². The Morgan fingerprint density at radius 2 is 1.85 bits per heavy atom. The predicted molar refractivity (Wildman–Crippen MR) is 104 cm³/mol. The second-order valence-electron chi connectivity index (χ2n) is 8.01. The summed E-state index contributed by atoms with van der Waals surface area (Å²) in [6.45, 7) is 4.80. The number of carbonyl (C=O) groups is 2. The van der Waals surface area contributed by atoms with Crippen LogP contribution in [0.25, 0.3) is 0 Å². The molecule has 1 aromatic carbocycles. The smallest absolute Gasteiger partial charge is 0.322 e. The number of hydrogen-bond acceptors (Lipinski definition) is 3. The van der Waals surface area contributed by atoms with E-state index in [0.29, 0.717) is 25.0 Å². The minimum atomic E-state index is -0.0631. The van der Waals surface area contributed by atoms with E-state index in [-0.39, 0.29) is 18.0 Å². The molecule has 1 aliphatic carbocycles. The average Bonchev–Trinajstić information content (AvgIpc) is 2.94. The van der Waals surface area contributed by atoms with Gasteiger partial charge < -0.3 is 19.9 Å². The summed E-state index contributed by atoms with van der Waals surface area (Å²) in [6.07, 6.45) is 5.33. The first kappa shape index (κ1) is 18.1. The number of amides is 3. The van der Waals surface area contributed by atoms with Gasteiger partial charge >= 0.3 is 6.03 Å². The van der Waals surface area contributed by atoms with Crippen LogP contribution in [0.5, 0.6) is 5.75 Å². The lowest BCUT2D eigenvalue weighted by Gasteiger charge is -2.36. The molecule has 3 heterocycles. The van der Waals surface area contributed by atoms with Crippen LogP contribution in [0, 0.1) is 11.8 Å². The summed E-state index contributed by atoms with van der Waals surface area (Å²) in [5.41, 5.74) is 0.769. The first-order chi connectivity index (χ1) is 13.1. The Balaban J connectivity index is 1.40. The van der Waals surface area contributed by atoms with Crippen LogP contribution < -0.4 is 10.1 Å². The van der Waals surface area contributed by atoms with E-state index in [0.717, 1.165) is 50.2 Å². The highest BCUT2D eigenvalue weighted by Gasteiger charge is 2.40. The number of ether oxygens (including phenoxy) is 1. The van der Waals surface area contributed by atoms with Gasteiger partial charge in [0.15, 0.2) is 0 Å². The van der Waals surface area contributed by atoms with Gasteiger partial charge in [0.05, 0.1) is 12.6 Å². The summed E-state index contributed by atoms with van der Waals surface area (Å²) in [6, 6.07) is 7.53. The minimum absolute atomic E-state index is 0.0631. The van der Waals surface area contributed by atoms with Crippen molar-refractivity contribution < 1.29 is 14.3 Å². The van der Waals surface area contributed by atoms with E-state index in [1.165, 1.54) is 6.42 Å². The molecule has 6 heteroatoms. The van der Waals surface area contributed by atoms with Crippen molar-refractivity contribution in [3.05, 3.63) is 24.3 Å². The maximum atomic E-state index is 12.9. The Labute approximate surface area is 160 Å². The number of carbonyl (C=O) groups excluding carboxylic acids is 2. The van der Waals surface area contributed by atoms with Crippen molar-refractivity contribution in [1.82, 2.24) is 9.80 Å². The molecule has 3 aliphatic heterocycles. The largest absolute Gasteiger partial charge is 0.494 e. The molecule has 0 spiro atoms. The number of urea groups is 1. The first-order valence-electron chi connectivity index (χ1n) is 10.2. The van der Waals surface area contributed by atoms with Gasteiger partial charge in [-0.1, -0.05) is 6.42 Å². The molecule has 3 saturated heterocycles. The van der Waals surface area contributed by atoms with Crippen molar-refractivity contribution >= 4 is 17.6 Å². The lowest BCUT2D eigenvalue weighted by Crippen LogP contribution is -2.49. The number of benzene rings is 1. The molecule has 1 saturated carbocycles. The van der Waals surface area contributed by atoms with E-state index in [4.69, 9.17) is 4.74 Å². The monoisotopic (exact) mass is 371 g/mol. The van der Waals surface area contributed by atoms with Crippen molar-refractivity contribution in [3.8, 4) is 5.75 Å². The maximum Gasteiger partial charge on any atom is 0.322 e. The highest BCUT2D eigenvalue weighted by atomic mass is 16.5. The highest BCUT2D eigenvalue weighted by molar-refractivity contribution is 5.90. The number of hydrogen-bond donors (Lipinski definition) is 1. The molecule has 27 heavy (non-hydrogen) atoms. The second kappa shape index (κ2) is 7.79.